The van der Waals surface area contributed by atoms with Gasteiger partial charge in [0.2, 0.25) is 0 Å². The highest BCUT2D eigenvalue weighted by Crippen LogP contribution is 2.23. The molecule has 0 saturated carbocycles. The molecule has 142 valence electrons. The molecular weight excluding hydrogens is 444 g/mol. The lowest BCUT2D eigenvalue weighted by atomic mass is 10.2. The van der Waals surface area contributed by atoms with Crippen molar-refractivity contribution < 1.29 is 17.9 Å². The van der Waals surface area contributed by atoms with Crippen molar-refractivity contribution in [1.82, 2.24) is 4.83 Å². The van der Waals surface area contributed by atoms with Gasteiger partial charge in [0.05, 0.1) is 16.7 Å². The van der Waals surface area contributed by atoms with Gasteiger partial charge in [-0.3, -0.25) is 0 Å². The summed E-state index contributed by atoms with van der Waals surface area (Å²) in [5.41, 5.74) is 0.826. The van der Waals surface area contributed by atoms with Crippen LogP contribution in [0.2, 0.25) is 0 Å². The summed E-state index contributed by atoms with van der Waals surface area (Å²) < 4.78 is 30.6. The number of nitrogens with zero attached hydrogens (tertiary/aromatic N) is 1. The highest BCUT2D eigenvalue weighted by Gasteiger charge is 2.13. The molecule has 0 bridgehead atoms. The highest BCUT2D eigenvalue weighted by atomic mass is 79.9. The van der Waals surface area contributed by atoms with E-state index in [0.717, 1.165) is 4.47 Å². The largest absolute Gasteiger partial charge is 0.422 e. The van der Waals surface area contributed by atoms with E-state index >= 15 is 0 Å². The van der Waals surface area contributed by atoms with Crippen molar-refractivity contribution in [3.8, 4) is 5.75 Å². The number of esters is 1. The van der Waals surface area contributed by atoms with Crippen LogP contribution in [0.5, 0.6) is 5.75 Å². The zero-order valence-corrected chi connectivity index (χ0v) is 16.9. The molecule has 6 nitrogen and oxygen atoms in total. The number of nitrogens with one attached hydrogen (secondary N) is 1. The summed E-state index contributed by atoms with van der Waals surface area (Å²) in [6, 6.07) is 21.4. The van der Waals surface area contributed by atoms with Crippen LogP contribution in [-0.2, 0) is 10.0 Å². The third kappa shape index (κ3) is 5.05. The van der Waals surface area contributed by atoms with Crippen molar-refractivity contribution in [3.63, 3.8) is 0 Å². The first-order valence-corrected chi connectivity index (χ1v) is 10.4. The van der Waals surface area contributed by atoms with Crippen molar-refractivity contribution in [2.24, 2.45) is 5.10 Å². The molecule has 0 aliphatic rings. The van der Waals surface area contributed by atoms with E-state index < -0.39 is 16.0 Å². The summed E-state index contributed by atoms with van der Waals surface area (Å²) in [5.74, 6) is -0.276. The molecule has 0 aromatic heterocycles. The Hall–Kier alpha value is -2.97. The molecule has 0 unspecified atom stereocenters. The minimum Gasteiger partial charge on any atom is -0.422 e. The lowest BCUT2D eigenvalue weighted by Gasteiger charge is -2.08. The Morgan fingerprint density at radius 1 is 0.964 bits per heavy atom. The van der Waals surface area contributed by atoms with Gasteiger partial charge >= 0.3 is 5.97 Å². The molecular formula is C20H15BrN2O4S. The normalized spacial score (nSPS) is 11.3. The number of sulfonamides is 1. The van der Waals surface area contributed by atoms with Crippen molar-refractivity contribution >= 4 is 38.1 Å². The van der Waals surface area contributed by atoms with E-state index in [9.17, 15) is 13.2 Å². The van der Waals surface area contributed by atoms with Gasteiger partial charge < -0.3 is 4.74 Å². The number of hydrogen-bond acceptors (Lipinski definition) is 5. The molecule has 3 aromatic carbocycles. The van der Waals surface area contributed by atoms with Gasteiger partial charge in [-0.1, -0.05) is 52.3 Å². The zero-order valence-electron chi connectivity index (χ0n) is 14.4. The fourth-order valence-corrected chi connectivity index (χ4v) is 3.45. The summed E-state index contributed by atoms with van der Waals surface area (Å²) in [7, 11) is -3.79. The summed E-state index contributed by atoms with van der Waals surface area (Å²) in [6.45, 7) is 0. The Balaban J connectivity index is 1.79. The van der Waals surface area contributed by atoms with Gasteiger partial charge in [0.15, 0.2) is 0 Å². The Morgan fingerprint density at radius 2 is 1.61 bits per heavy atom. The lowest BCUT2D eigenvalue weighted by molar-refractivity contribution is 0.0734. The van der Waals surface area contributed by atoms with Gasteiger partial charge in [-0.05, 0) is 42.5 Å². The summed E-state index contributed by atoms with van der Waals surface area (Å²) >= 11 is 3.33. The van der Waals surface area contributed by atoms with Crippen molar-refractivity contribution in [2.45, 2.75) is 4.90 Å². The summed E-state index contributed by atoms with van der Waals surface area (Å²) in [6.07, 6.45) is 1.28. The van der Waals surface area contributed by atoms with Crippen LogP contribution >= 0.6 is 15.9 Å². The monoisotopic (exact) mass is 458 g/mol. The van der Waals surface area contributed by atoms with Crippen LogP contribution < -0.4 is 9.57 Å². The predicted molar refractivity (Wildman–Crippen MR) is 110 cm³/mol. The molecule has 0 aliphatic carbocycles. The molecule has 8 heteroatoms. The van der Waals surface area contributed by atoms with E-state index in [1.807, 2.05) is 0 Å². The van der Waals surface area contributed by atoms with Gasteiger partial charge in [0.25, 0.3) is 10.0 Å². The Kier molecular flexibility index (Phi) is 6.23. The second kappa shape index (κ2) is 8.81. The van der Waals surface area contributed by atoms with Gasteiger partial charge in [-0.15, -0.1) is 0 Å². The second-order valence-electron chi connectivity index (χ2n) is 5.60. The first kappa shape index (κ1) is 19.8. The van der Waals surface area contributed by atoms with Gasteiger partial charge in [-0.2, -0.15) is 13.5 Å². The minimum absolute atomic E-state index is 0.0946. The number of hydrazone groups is 1. The van der Waals surface area contributed by atoms with Gasteiger partial charge in [-0.25, -0.2) is 9.63 Å². The smallest absolute Gasteiger partial charge is 0.343 e. The maximum atomic E-state index is 12.3. The van der Waals surface area contributed by atoms with Crippen LogP contribution in [0.3, 0.4) is 0 Å². The molecule has 3 rings (SSSR count). The van der Waals surface area contributed by atoms with E-state index in [-0.39, 0.29) is 10.6 Å². The van der Waals surface area contributed by atoms with E-state index in [0.29, 0.717) is 11.1 Å². The number of halogens is 1. The molecule has 0 spiro atoms. The van der Waals surface area contributed by atoms with Crippen LogP contribution in [0.4, 0.5) is 0 Å². The quantitative estimate of drug-likeness (QED) is 0.262. The van der Waals surface area contributed by atoms with Crippen LogP contribution in [0, 0.1) is 0 Å². The molecule has 0 atom stereocenters. The molecule has 28 heavy (non-hydrogen) atoms. The number of ether oxygens (including phenoxy) is 1. The zero-order chi connectivity index (χ0) is 20.0. The molecule has 0 heterocycles. The van der Waals surface area contributed by atoms with E-state index in [2.05, 4.69) is 25.9 Å². The number of hydrogen-bond donors (Lipinski definition) is 1. The third-order valence-electron chi connectivity index (χ3n) is 3.61. The third-order valence-corrected chi connectivity index (χ3v) is 5.35. The molecule has 0 aliphatic heterocycles. The van der Waals surface area contributed by atoms with Crippen molar-refractivity contribution in [3.05, 3.63) is 94.5 Å². The number of rotatable bonds is 6. The highest BCUT2D eigenvalue weighted by molar-refractivity contribution is 9.10. The van der Waals surface area contributed by atoms with E-state index in [1.165, 1.54) is 18.3 Å². The fraction of sp³-hybridized carbons (Fsp3) is 0. The number of benzene rings is 3. The van der Waals surface area contributed by atoms with E-state index in [4.69, 9.17) is 4.74 Å². The summed E-state index contributed by atoms with van der Waals surface area (Å²) in [4.78, 5) is 14.5. The Labute approximate surface area is 171 Å². The standard InChI is InChI=1S/C20H15BrN2O4S/c21-17-11-12-19(27-20(24)15-7-3-1-4-8-15)16(13-17)14-22-23-28(25,26)18-9-5-2-6-10-18/h1-14,23H. The first-order chi connectivity index (χ1) is 13.5. The minimum atomic E-state index is -3.79. The Bertz CT molecular complexity index is 1100. The van der Waals surface area contributed by atoms with Crippen LogP contribution in [-0.4, -0.2) is 20.6 Å². The lowest BCUT2D eigenvalue weighted by Crippen LogP contribution is -2.18. The Morgan fingerprint density at radius 3 is 2.29 bits per heavy atom. The fourth-order valence-electron chi connectivity index (χ4n) is 2.26. The van der Waals surface area contributed by atoms with E-state index in [1.54, 1.807) is 66.7 Å². The second-order valence-corrected chi connectivity index (χ2v) is 8.18. The average Bonchev–Trinajstić information content (AvgIpc) is 2.71. The van der Waals surface area contributed by atoms with Crippen LogP contribution in [0.15, 0.2) is 93.3 Å². The molecule has 3 aromatic rings. The maximum absolute atomic E-state index is 12.3. The summed E-state index contributed by atoms with van der Waals surface area (Å²) in [5, 5.41) is 3.80. The average molecular weight is 459 g/mol. The van der Waals surface area contributed by atoms with Crippen LogP contribution in [0.1, 0.15) is 15.9 Å². The molecule has 0 fully saturated rings. The first-order valence-electron chi connectivity index (χ1n) is 8.12. The SMILES string of the molecule is O=C(Oc1ccc(Br)cc1C=NNS(=O)(=O)c1ccccc1)c1ccccc1. The number of carbonyl (C=O) groups is 1. The topological polar surface area (TPSA) is 84.8 Å². The molecule has 0 saturated heterocycles. The number of carbonyl (C=O) groups excluding carboxylic acids is 1. The predicted octanol–water partition coefficient (Wildman–Crippen LogP) is 3.98. The van der Waals surface area contributed by atoms with Crippen molar-refractivity contribution in [2.75, 3.05) is 0 Å². The molecule has 0 amide bonds. The maximum Gasteiger partial charge on any atom is 0.343 e. The van der Waals surface area contributed by atoms with Gasteiger partial charge in [0.1, 0.15) is 5.75 Å². The molecule has 0 radical (unpaired) electrons. The molecule has 1 N–H and O–H groups in total. The van der Waals surface area contributed by atoms with Crippen molar-refractivity contribution in [1.29, 1.82) is 0 Å². The van der Waals surface area contributed by atoms with Crippen LogP contribution in [0.25, 0.3) is 0 Å². The van der Waals surface area contributed by atoms with Gasteiger partial charge in [0, 0.05) is 10.0 Å².